The number of carbonyl (C=O) groups is 2. The van der Waals surface area contributed by atoms with Crippen LogP contribution in [-0.4, -0.2) is 60.9 Å². The molecule has 3 N–H and O–H groups in total. The molecule has 0 radical (unpaired) electrons. The van der Waals surface area contributed by atoms with E-state index in [2.05, 4.69) is 22.1 Å². The van der Waals surface area contributed by atoms with Gasteiger partial charge in [-0.3, -0.25) is 14.2 Å². The summed E-state index contributed by atoms with van der Waals surface area (Å²) < 4.78 is 28.7. The summed E-state index contributed by atoms with van der Waals surface area (Å²) in [6.07, 6.45) is -0.339. The van der Waals surface area contributed by atoms with Crippen molar-refractivity contribution in [1.29, 1.82) is 0 Å². The van der Waals surface area contributed by atoms with Crippen LogP contribution in [-0.2, 0) is 18.6 Å². The van der Waals surface area contributed by atoms with Crippen LogP contribution in [0.5, 0.6) is 0 Å². The van der Waals surface area contributed by atoms with Crippen LogP contribution in [0.25, 0.3) is 0 Å². The van der Waals surface area contributed by atoms with Crippen molar-refractivity contribution in [2.75, 3.05) is 32.7 Å². The molecule has 1 aliphatic rings. The second-order valence-corrected chi connectivity index (χ2v) is 9.44. The maximum absolute atomic E-state index is 12.4. The van der Waals surface area contributed by atoms with Gasteiger partial charge in [-0.1, -0.05) is 24.0 Å². The van der Waals surface area contributed by atoms with Crippen LogP contribution in [0, 0.1) is 11.8 Å². The zero-order valence-electron chi connectivity index (χ0n) is 19.0. The molecule has 0 bridgehead atoms. The van der Waals surface area contributed by atoms with Gasteiger partial charge in [0, 0.05) is 37.5 Å². The van der Waals surface area contributed by atoms with Gasteiger partial charge >= 0.3 is 5.69 Å². The van der Waals surface area contributed by atoms with Gasteiger partial charge in [-0.05, 0) is 12.1 Å². The van der Waals surface area contributed by atoms with E-state index in [9.17, 15) is 23.8 Å². The fourth-order valence-electron chi connectivity index (χ4n) is 3.41. The summed E-state index contributed by atoms with van der Waals surface area (Å²) in [6.45, 7) is 0.990. The lowest BCUT2D eigenvalue weighted by atomic mass is 10.1. The normalized spacial score (nSPS) is 20.9. The topological polar surface area (TPSA) is 175 Å². The molecule has 1 aromatic carbocycles. The molecule has 2 heterocycles. The number of anilines is 1. The van der Waals surface area contributed by atoms with E-state index in [1.54, 1.807) is 0 Å². The van der Waals surface area contributed by atoms with Crippen LogP contribution in [0.3, 0.4) is 0 Å². The smallest absolute Gasteiger partial charge is 0.351 e. The number of nitrogen functional groups attached to an aromatic ring is 1. The Morgan fingerprint density at radius 3 is 2.77 bits per heavy atom. The highest BCUT2D eigenvalue weighted by Crippen LogP contribution is 2.40. The molecule has 3 rings (SSSR count). The minimum Gasteiger partial charge on any atom is -0.779 e. The molecular formula is C22H24N4O8P-. The lowest BCUT2D eigenvalue weighted by molar-refractivity contribution is -0.202. The van der Waals surface area contributed by atoms with Crippen LogP contribution in [0.4, 0.5) is 5.82 Å². The number of aldehydes is 1. The number of rotatable bonds is 8. The molecule has 12 nitrogen and oxygen atoms in total. The first-order valence-electron chi connectivity index (χ1n) is 10.4. The van der Waals surface area contributed by atoms with Gasteiger partial charge in [0.05, 0.1) is 24.8 Å². The molecule has 4 atom stereocenters. The summed E-state index contributed by atoms with van der Waals surface area (Å²) in [7, 11) is -2.63. The molecule has 35 heavy (non-hydrogen) atoms. The Hall–Kier alpha value is -3.33. The fourth-order valence-corrected chi connectivity index (χ4v) is 4.12. The van der Waals surface area contributed by atoms with Crippen molar-refractivity contribution in [3.8, 4) is 11.8 Å². The zero-order chi connectivity index (χ0) is 25.6. The average molecular weight is 503 g/mol. The standard InChI is InChI=1S/C22H25N4O8P/c1-32-13-18-17(34-35(2,30)31)10-19(33-18)26-11-16(20(23)25-22(26)29)4-3-9-24-21(28)15-7-5-14(12-27)6-8-15/h5-8,11-12,17-19H,9-10,13H2,1-2H3,(H,24,28)(H,30,31)(H2,23,25,29)/p-1. The monoisotopic (exact) mass is 503 g/mol. The van der Waals surface area contributed by atoms with Crippen molar-refractivity contribution in [3.05, 3.63) is 57.6 Å². The number of hydrogen-bond donors (Lipinski definition) is 2. The van der Waals surface area contributed by atoms with Crippen LogP contribution in [0.2, 0.25) is 0 Å². The molecule has 2 aromatic rings. The minimum absolute atomic E-state index is 0.0200. The van der Waals surface area contributed by atoms with E-state index in [0.717, 1.165) is 11.2 Å². The fraction of sp³-hybridized carbons (Fsp3) is 0.364. The summed E-state index contributed by atoms with van der Waals surface area (Å²) in [5.41, 5.74) is 6.16. The van der Waals surface area contributed by atoms with Gasteiger partial charge in [0.1, 0.15) is 32.0 Å². The van der Waals surface area contributed by atoms with Crippen LogP contribution >= 0.6 is 7.60 Å². The number of nitrogens with two attached hydrogens (primary N) is 1. The van der Waals surface area contributed by atoms with Crippen LogP contribution in [0.15, 0.2) is 35.3 Å². The summed E-state index contributed by atoms with van der Waals surface area (Å²) in [6, 6.07) is 6.09. The van der Waals surface area contributed by atoms with Gasteiger partial charge < -0.3 is 34.5 Å². The lowest BCUT2D eigenvalue weighted by Gasteiger charge is -2.25. The predicted molar refractivity (Wildman–Crippen MR) is 123 cm³/mol. The number of amides is 1. The van der Waals surface area contributed by atoms with E-state index in [-0.39, 0.29) is 36.9 Å². The molecular weight excluding hydrogens is 479 g/mol. The van der Waals surface area contributed by atoms with Crippen LogP contribution in [0.1, 0.15) is 38.9 Å². The van der Waals surface area contributed by atoms with Gasteiger partial charge in [-0.15, -0.1) is 0 Å². The largest absolute Gasteiger partial charge is 0.779 e. The first-order valence-corrected chi connectivity index (χ1v) is 12.4. The maximum atomic E-state index is 12.4. The second-order valence-electron chi connectivity index (χ2n) is 7.69. The number of ether oxygens (including phenoxy) is 2. The molecule has 1 fully saturated rings. The highest BCUT2D eigenvalue weighted by Gasteiger charge is 2.39. The van der Waals surface area contributed by atoms with Crippen LogP contribution < -0.4 is 21.6 Å². The number of carbonyl (C=O) groups excluding carboxylic acids is 2. The lowest BCUT2D eigenvalue weighted by Crippen LogP contribution is -2.29. The van der Waals surface area contributed by atoms with Gasteiger partial charge in [0.25, 0.3) is 5.91 Å². The summed E-state index contributed by atoms with van der Waals surface area (Å²) in [5, 5.41) is 2.61. The number of nitrogens with zero attached hydrogens (tertiary/aromatic N) is 2. The zero-order valence-corrected chi connectivity index (χ0v) is 19.9. The van der Waals surface area contributed by atoms with Crippen molar-refractivity contribution in [2.45, 2.75) is 24.9 Å². The molecule has 4 unspecified atom stereocenters. The van der Waals surface area contributed by atoms with E-state index in [1.165, 1.54) is 37.6 Å². The third kappa shape index (κ3) is 7.08. The van der Waals surface area contributed by atoms with Crippen molar-refractivity contribution >= 4 is 25.6 Å². The van der Waals surface area contributed by atoms with Gasteiger partial charge in [0.2, 0.25) is 0 Å². The summed E-state index contributed by atoms with van der Waals surface area (Å²) in [4.78, 5) is 50.7. The molecule has 0 saturated carbocycles. The summed E-state index contributed by atoms with van der Waals surface area (Å²) >= 11 is 0. The molecule has 0 aliphatic carbocycles. The number of benzene rings is 1. The summed E-state index contributed by atoms with van der Waals surface area (Å²) in [5.74, 6) is 5.00. The number of methoxy groups -OCH3 is 1. The van der Waals surface area contributed by atoms with Crippen molar-refractivity contribution < 1.29 is 33.0 Å². The minimum atomic E-state index is -4.06. The SMILES string of the molecule is COCC1OC(n2cc(C#CCNC(=O)c3ccc(C=O)cc3)c(N)nc2=O)CC1OP(C)(=O)[O-]. The van der Waals surface area contributed by atoms with Gasteiger partial charge in [-0.25, -0.2) is 4.79 Å². The van der Waals surface area contributed by atoms with Crippen molar-refractivity contribution in [1.82, 2.24) is 14.9 Å². The Kier molecular flexibility index (Phi) is 8.56. The van der Waals surface area contributed by atoms with E-state index >= 15 is 0 Å². The van der Waals surface area contributed by atoms with E-state index in [0.29, 0.717) is 17.4 Å². The third-order valence-corrected chi connectivity index (χ3v) is 5.65. The Morgan fingerprint density at radius 1 is 1.43 bits per heavy atom. The van der Waals surface area contributed by atoms with E-state index < -0.39 is 31.7 Å². The maximum Gasteiger partial charge on any atom is 0.351 e. The Bertz CT molecular complexity index is 1240. The first-order chi connectivity index (χ1) is 16.6. The Morgan fingerprint density at radius 2 is 2.14 bits per heavy atom. The molecule has 1 amide bonds. The quantitative estimate of drug-likeness (QED) is 0.282. The molecule has 1 aliphatic heterocycles. The third-order valence-electron chi connectivity index (χ3n) is 5.00. The van der Waals surface area contributed by atoms with Crippen molar-refractivity contribution in [3.63, 3.8) is 0 Å². The predicted octanol–water partition coefficient (Wildman–Crippen LogP) is -0.0782. The van der Waals surface area contributed by atoms with Crippen molar-refractivity contribution in [2.24, 2.45) is 0 Å². The number of hydrogen-bond acceptors (Lipinski definition) is 10. The number of aromatic nitrogens is 2. The molecule has 0 spiro atoms. The molecule has 13 heteroatoms. The van der Waals surface area contributed by atoms with Gasteiger partial charge in [0.15, 0.2) is 0 Å². The number of nitrogens with one attached hydrogen (secondary N) is 1. The Balaban J connectivity index is 1.72. The average Bonchev–Trinajstić information content (AvgIpc) is 3.18. The van der Waals surface area contributed by atoms with Gasteiger partial charge in [-0.2, -0.15) is 4.98 Å². The Labute approximate surface area is 200 Å². The highest BCUT2D eigenvalue weighted by atomic mass is 31.2. The molecule has 186 valence electrons. The first kappa shape index (κ1) is 26.3. The molecule has 1 saturated heterocycles. The molecule has 1 aromatic heterocycles. The van der Waals surface area contributed by atoms with E-state index in [4.69, 9.17) is 19.7 Å². The highest BCUT2D eigenvalue weighted by molar-refractivity contribution is 7.50. The second kappa shape index (κ2) is 11.4. The van der Waals surface area contributed by atoms with E-state index in [1.807, 2.05) is 0 Å².